The van der Waals surface area contributed by atoms with Crippen LogP contribution in [0.2, 0.25) is 10.0 Å². The second kappa shape index (κ2) is 23.2. The van der Waals surface area contributed by atoms with Gasteiger partial charge in [-0.2, -0.15) is 0 Å². The predicted octanol–water partition coefficient (Wildman–Crippen LogP) is 9.04. The maximum atomic E-state index is 11.2. The summed E-state index contributed by atoms with van der Waals surface area (Å²) in [6.45, 7) is 9.47. The topological polar surface area (TPSA) is 82.8 Å². The van der Waals surface area contributed by atoms with Crippen LogP contribution in [0.15, 0.2) is 65.3 Å². The second-order valence-corrected chi connectivity index (χ2v) is 7.98. The number of Topliss-reactive ketones (excluding diaryl/α,β-unsaturated/α-hetero) is 3. The fourth-order valence-electron chi connectivity index (χ4n) is 2.51. The minimum absolute atomic E-state index is 0.0550. The van der Waals surface area contributed by atoms with Crippen LogP contribution >= 0.6 is 23.2 Å². The Morgan fingerprint density at radius 2 is 1.16 bits per heavy atom. The average molecular weight is 568 g/mol. The highest BCUT2D eigenvalue weighted by Crippen LogP contribution is 2.19. The van der Waals surface area contributed by atoms with Gasteiger partial charge in [-0.15, -0.1) is 0 Å². The van der Waals surface area contributed by atoms with Crippen molar-refractivity contribution in [2.75, 3.05) is 21.3 Å². The van der Waals surface area contributed by atoms with Crippen molar-refractivity contribution >= 4 is 40.6 Å². The molecule has 3 rings (SSSR count). The van der Waals surface area contributed by atoms with E-state index in [4.69, 9.17) is 32.4 Å². The SMILES string of the molecule is CC.CCC(=O)c1cc(Cl)cc(Cl)c1.CCC(=O)c1ccc(OC)cc1.CCC(=O)c1ccco1.COC. The minimum Gasteiger partial charge on any atom is -0.497 e. The number of ether oxygens (including phenoxy) is 2. The first-order valence-electron chi connectivity index (χ1n) is 12.3. The Bertz CT molecular complexity index is 1020. The highest BCUT2D eigenvalue weighted by molar-refractivity contribution is 6.35. The third-order valence-corrected chi connectivity index (χ3v) is 4.79. The van der Waals surface area contributed by atoms with Gasteiger partial charge < -0.3 is 13.9 Å². The van der Waals surface area contributed by atoms with Gasteiger partial charge in [-0.1, -0.05) is 57.8 Å². The van der Waals surface area contributed by atoms with Crippen molar-refractivity contribution in [3.05, 3.63) is 87.8 Å². The zero-order valence-electron chi connectivity index (χ0n) is 23.6. The Morgan fingerprint density at radius 3 is 1.53 bits per heavy atom. The molecule has 0 bridgehead atoms. The van der Waals surface area contributed by atoms with Crippen molar-refractivity contribution in [2.24, 2.45) is 0 Å². The normalized spacial score (nSPS) is 9.00. The molecular weight excluding hydrogens is 527 g/mol. The lowest BCUT2D eigenvalue weighted by molar-refractivity contribution is 0.0958. The molecule has 0 amide bonds. The van der Waals surface area contributed by atoms with Gasteiger partial charge in [0.25, 0.3) is 0 Å². The van der Waals surface area contributed by atoms with Gasteiger partial charge in [-0.25, -0.2) is 0 Å². The van der Waals surface area contributed by atoms with Crippen LogP contribution in [0.3, 0.4) is 0 Å². The summed E-state index contributed by atoms with van der Waals surface area (Å²) < 4.78 is 14.1. The summed E-state index contributed by atoms with van der Waals surface area (Å²) in [4.78, 5) is 33.2. The van der Waals surface area contributed by atoms with Gasteiger partial charge in [0, 0.05) is 54.7 Å². The summed E-state index contributed by atoms with van der Waals surface area (Å²) in [5.41, 5.74) is 1.33. The number of benzene rings is 2. The third kappa shape index (κ3) is 16.0. The summed E-state index contributed by atoms with van der Waals surface area (Å²) in [7, 11) is 4.86. The van der Waals surface area contributed by atoms with Crippen LogP contribution in [0.4, 0.5) is 0 Å². The fraction of sp³-hybridized carbons (Fsp3) is 0.367. The molecule has 0 saturated carbocycles. The molecule has 0 atom stereocenters. The van der Waals surface area contributed by atoms with Gasteiger partial charge in [-0.3, -0.25) is 14.4 Å². The highest BCUT2D eigenvalue weighted by atomic mass is 35.5. The lowest BCUT2D eigenvalue weighted by atomic mass is 10.1. The Labute approximate surface area is 237 Å². The van der Waals surface area contributed by atoms with Gasteiger partial charge in [0.05, 0.1) is 13.4 Å². The smallest absolute Gasteiger partial charge is 0.197 e. The molecule has 0 saturated heterocycles. The Balaban J connectivity index is 0. The number of hydrogen-bond donors (Lipinski definition) is 0. The molecule has 0 fully saturated rings. The summed E-state index contributed by atoms with van der Waals surface area (Å²) in [6, 6.07) is 15.4. The van der Waals surface area contributed by atoms with E-state index in [0.717, 1.165) is 11.3 Å². The van der Waals surface area contributed by atoms with Gasteiger partial charge in [0.15, 0.2) is 23.1 Å². The maximum absolute atomic E-state index is 11.2. The molecule has 6 nitrogen and oxygen atoms in total. The zero-order chi connectivity index (χ0) is 29.5. The van der Waals surface area contributed by atoms with Gasteiger partial charge >= 0.3 is 0 Å². The van der Waals surface area contributed by atoms with Crippen molar-refractivity contribution in [1.29, 1.82) is 0 Å². The number of carbonyl (C=O) groups excluding carboxylic acids is 3. The van der Waals surface area contributed by atoms with E-state index in [9.17, 15) is 14.4 Å². The maximum Gasteiger partial charge on any atom is 0.197 e. The number of methoxy groups -OCH3 is 2. The largest absolute Gasteiger partial charge is 0.497 e. The van der Waals surface area contributed by atoms with E-state index < -0.39 is 0 Å². The van der Waals surface area contributed by atoms with Crippen LogP contribution in [-0.4, -0.2) is 38.7 Å². The first kappa shape index (κ1) is 37.2. The summed E-state index contributed by atoms with van der Waals surface area (Å²) in [5.74, 6) is 1.51. The molecule has 0 spiro atoms. The van der Waals surface area contributed by atoms with Crippen molar-refractivity contribution in [3.63, 3.8) is 0 Å². The first-order valence-corrected chi connectivity index (χ1v) is 13.1. The first-order chi connectivity index (χ1) is 18.2. The summed E-state index contributed by atoms with van der Waals surface area (Å²) >= 11 is 11.4. The van der Waals surface area contributed by atoms with E-state index in [1.165, 1.54) is 6.26 Å². The van der Waals surface area contributed by atoms with E-state index >= 15 is 0 Å². The Morgan fingerprint density at radius 1 is 0.711 bits per heavy atom. The number of ketones is 3. The third-order valence-electron chi connectivity index (χ3n) is 4.36. The molecule has 38 heavy (non-hydrogen) atoms. The van der Waals surface area contributed by atoms with Crippen LogP contribution < -0.4 is 4.74 Å². The molecule has 2 aromatic carbocycles. The Kier molecular flexibility index (Phi) is 22.7. The molecule has 0 N–H and O–H groups in total. The molecule has 8 heteroatoms. The van der Waals surface area contributed by atoms with Gasteiger partial charge in [0.1, 0.15) is 5.75 Å². The predicted molar refractivity (Wildman–Crippen MR) is 156 cm³/mol. The molecule has 0 unspecified atom stereocenters. The summed E-state index contributed by atoms with van der Waals surface area (Å²) in [6.07, 6.45) is 3.03. The number of carbonyl (C=O) groups is 3. The molecule has 0 aliphatic heterocycles. The van der Waals surface area contributed by atoms with Gasteiger partial charge in [-0.05, 0) is 54.6 Å². The second-order valence-electron chi connectivity index (χ2n) is 7.10. The number of furan rings is 1. The van der Waals surface area contributed by atoms with E-state index in [2.05, 4.69) is 4.74 Å². The zero-order valence-corrected chi connectivity index (χ0v) is 25.1. The Hall–Kier alpha value is -2.93. The number of rotatable bonds is 7. The molecule has 3 aromatic rings. The highest BCUT2D eigenvalue weighted by Gasteiger charge is 2.05. The van der Waals surface area contributed by atoms with E-state index in [0.29, 0.717) is 40.6 Å². The van der Waals surface area contributed by atoms with Crippen molar-refractivity contribution in [1.82, 2.24) is 0 Å². The number of hydrogen-bond acceptors (Lipinski definition) is 6. The van der Waals surface area contributed by atoms with Gasteiger partial charge in [0.2, 0.25) is 0 Å². The van der Waals surface area contributed by atoms with E-state index in [1.807, 2.05) is 27.7 Å². The van der Waals surface area contributed by atoms with Crippen molar-refractivity contribution in [3.8, 4) is 5.75 Å². The van der Waals surface area contributed by atoms with Crippen LogP contribution in [0, 0.1) is 0 Å². The van der Waals surface area contributed by atoms with Crippen LogP contribution in [0.25, 0.3) is 0 Å². The fourth-order valence-corrected chi connectivity index (χ4v) is 3.04. The molecule has 210 valence electrons. The molecular formula is C30H40Cl2O6. The quantitative estimate of drug-likeness (QED) is 0.265. The average Bonchev–Trinajstić information content (AvgIpc) is 3.49. The van der Waals surface area contributed by atoms with Crippen LogP contribution in [0.5, 0.6) is 5.75 Å². The lowest BCUT2D eigenvalue weighted by Gasteiger charge is -2.00. The standard InChI is InChI=1S/C10H12O2.C9H8Cl2O.C7H8O2.C2H6O.C2H6/c1-3-10(11)8-4-6-9(12-2)7-5-8;1-2-9(12)6-3-7(10)5-8(11)4-6;1-2-6(8)7-4-3-5-9-7;1-3-2;1-2/h4-7H,3H2,1-2H3;3-5H,2H2,1H3;3-5H,2H2,1H3;1-2H3;1-2H3. The van der Waals surface area contributed by atoms with Crippen molar-refractivity contribution in [2.45, 2.75) is 53.9 Å². The molecule has 0 radical (unpaired) electrons. The molecule has 0 aliphatic carbocycles. The monoisotopic (exact) mass is 566 g/mol. The van der Waals surface area contributed by atoms with E-state index in [1.54, 1.807) is 82.9 Å². The van der Waals surface area contributed by atoms with Crippen LogP contribution in [0.1, 0.15) is 85.2 Å². The molecule has 1 heterocycles. The van der Waals surface area contributed by atoms with Crippen molar-refractivity contribution < 1.29 is 28.3 Å². The number of halogens is 2. The molecule has 1 aromatic heterocycles. The van der Waals surface area contributed by atoms with E-state index in [-0.39, 0.29) is 17.3 Å². The van der Waals surface area contributed by atoms with Crippen LogP contribution in [-0.2, 0) is 4.74 Å². The lowest BCUT2D eigenvalue weighted by Crippen LogP contribution is -1.95. The summed E-state index contributed by atoms with van der Waals surface area (Å²) in [5, 5.41) is 0.999. The molecule has 0 aliphatic rings. The minimum atomic E-state index is 0.0550.